The number of halogens is 2. The molecule has 1 aromatic rings. The molecule has 0 amide bonds. The molecule has 0 aliphatic carbocycles. The van der Waals surface area contributed by atoms with Crippen LogP contribution >= 0.6 is 43.2 Å². The second-order valence-corrected chi connectivity index (χ2v) is 6.93. The fraction of sp³-hybridized carbons (Fsp3) is 0.600. The van der Waals surface area contributed by atoms with Crippen molar-refractivity contribution in [1.82, 2.24) is 0 Å². The van der Waals surface area contributed by atoms with E-state index in [4.69, 9.17) is 4.74 Å². The molecule has 0 N–H and O–H groups in total. The summed E-state index contributed by atoms with van der Waals surface area (Å²) in [5, 5.41) is 0.920. The van der Waals surface area contributed by atoms with Gasteiger partial charge in [-0.1, -0.05) is 15.9 Å². The zero-order valence-electron chi connectivity index (χ0n) is 7.93. The van der Waals surface area contributed by atoms with Gasteiger partial charge in [-0.2, -0.15) is 0 Å². The largest absolute Gasteiger partial charge is 0.366 e. The van der Waals surface area contributed by atoms with Gasteiger partial charge in [0.25, 0.3) is 0 Å². The zero-order chi connectivity index (χ0) is 10.2. The van der Waals surface area contributed by atoms with E-state index < -0.39 is 0 Å². The van der Waals surface area contributed by atoms with Gasteiger partial charge in [-0.15, -0.1) is 11.3 Å². The Bertz CT molecular complexity index is 326. The smallest absolute Gasteiger partial charge is 0.0926 e. The molecular formula is C10H12Br2OS. The summed E-state index contributed by atoms with van der Waals surface area (Å²) in [4.78, 5) is 1.33. The van der Waals surface area contributed by atoms with E-state index in [0.717, 1.165) is 18.2 Å². The highest BCUT2D eigenvalue weighted by Crippen LogP contribution is 2.42. The summed E-state index contributed by atoms with van der Waals surface area (Å²) in [7, 11) is 0. The van der Waals surface area contributed by atoms with E-state index >= 15 is 0 Å². The summed E-state index contributed by atoms with van der Waals surface area (Å²) < 4.78 is 7.22. The van der Waals surface area contributed by atoms with Gasteiger partial charge in [-0.3, -0.25) is 0 Å². The van der Waals surface area contributed by atoms with E-state index in [1.807, 2.05) is 0 Å². The first-order chi connectivity index (χ1) is 6.63. The summed E-state index contributed by atoms with van der Waals surface area (Å²) in [6.45, 7) is 2.17. The molecule has 1 nitrogen and oxygen atoms in total. The summed E-state index contributed by atoms with van der Waals surface area (Å²) in [5.41, 5.74) is 0.0289. The van der Waals surface area contributed by atoms with Gasteiger partial charge in [0, 0.05) is 10.2 Å². The maximum absolute atomic E-state index is 6.04. The predicted octanol–water partition coefficient (Wildman–Crippen LogP) is 4.52. The SMILES string of the molecule is CC1(CBr)CCC(c2ccc(Br)s2)O1. The van der Waals surface area contributed by atoms with Crippen LogP contribution in [0.5, 0.6) is 0 Å². The molecule has 78 valence electrons. The minimum absolute atomic E-state index is 0.0289. The second kappa shape index (κ2) is 4.24. The summed E-state index contributed by atoms with van der Waals surface area (Å²) in [6.07, 6.45) is 2.57. The van der Waals surface area contributed by atoms with Crippen molar-refractivity contribution in [3.8, 4) is 0 Å². The molecule has 1 aliphatic rings. The first-order valence-electron chi connectivity index (χ1n) is 4.62. The van der Waals surface area contributed by atoms with Crippen molar-refractivity contribution >= 4 is 43.2 Å². The van der Waals surface area contributed by atoms with Crippen molar-refractivity contribution in [2.75, 3.05) is 5.33 Å². The van der Waals surface area contributed by atoms with Crippen molar-refractivity contribution in [1.29, 1.82) is 0 Å². The van der Waals surface area contributed by atoms with E-state index in [2.05, 4.69) is 50.9 Å². The van der Waals surface area contributed by atoms with Gasteiger partial charge in [-0.05, 0) is 47.8 Å². The van der Waals surface area contributed by atoms with Gasteiger partial charge in [0.05, 0.1) is 15.5 Å². The number of alkyl halides is 1. The molecule has 1 aliphatic heterocycles. The zero-order valence-corrected chi connectivity index (χ0v) is 11.9. The van der Waals surface area contributed by atoms with Gasteiger partial charge < -0.3 is 4.74 Å². The third-order valence-electron chi connectivity index (χ3n) is 2.56. The highest BCUT2D eigenvalue weighted by atomic mass is 79.9. The molecule has 4 heteroatoms. The van der Waals surface area contributed by atoms with Gasteiger partial charge in [-0.25, -0.2) is 0 Å². The Kier molecular flexibility index (Phi) is 3.37. The normalized spacial score (nSPS) is 32.4. The lowest BCUT2D eigenvalue weighted by molar-refractivity contribution is -0.0105. The Morgan fingerprint density at radius 3 is 2.93 bits per heavy atom. The van der Waals surface area contributed by atoms with Crippen LogP contribution in [-0.4, -0.2) is 10.9 Å². The van der Waals surface area contributed by atoms with Crippen LogP contribution in [0.2, 0.25) is 0 Å². The van der Waals surface area contributed by atoms with Crippen molar-refractivity contribution in [3.05, 3.63) is 20.8 Å². The number of rotatable bonds is 2. The molecule has 0 aromatic carbocycles. The number of hydrogen-bond acceptors (Lipinski definition) is 2. The van der Waals surface area contributed by atoms with Gasteiger partial charge in [0.15, 0.2) is 0 Å². The van der Waals surface area contributed by atoms with E-state index in [1.165, 1.54) is 8.66 Å². The standard InChI is InChI=1S/C10H12Br2OS/c1-10(6-11)5-4-7(13-10)8-2-3-9(12)14-8/h2-3,7H,4-6H2,1H3. The molecule has 0 radical (unpaired) electrons. The summed E-state index contributed by atoms with van der Waals surface area (Å²) in [5.74, 6) is 0. The van der Waals surface area contributed by atoms with Crippen LogP contribution in [0.1, 0.15) is 30.7 Å². The summed E-state index contributed by atoms with van der Waals surface area (Å²) >= 11 is 8.76. The van der Waals surface area contributed by atoms with E-state index in [0.29, 0.717) is 6.10 Å². The highest BCUT2D eigenvalue weighted by Gasteiger charge is 2.36. The van der Waals surface area contributed by atoms with Crippen LogP contribution in [-0.2, 0) is 4.74 Å². The molecule has 1 aromatic heterocycles. The van der Waals surface area contributed by atoms with Crippen LogP contribution in [0.3, 0.4) is 0 Å². The second-order valence-electron chi connectivity index (χ2n) is 3.87. The maximum atomic E-state index is 6.04. The van der Waals surface area contributed by atoms with E-state index in [9.17, 15) is 0 Å². The van der Waals surface area contributed by atoms with Gasteiger partial charge in [0.1, 0.15) is 0 Å². The molecule has 2 unspecified atom stereocenters. The lowest BCUT2D eigenvalue weighted by Gasteiger charge is -2.21. The van der Waals surface area contributed by atoms with E-state index in [1.54, 1.807) is 11.3 Å². The number of hydrogen-bond donors (Lipinski definition) is 0. The first-order valence-corrected chi connectivity index (χ1v) is 7.35. The van der Waals surface area contributed by atoms with Crippen molar-refractivity contribution in [3.63, 3.8) is 0 Å². The fourth-order valence-electron chi connectivity index (χ4n) is 1.70. The minimum atomic E-state index is 0.0289. The Morgan fingerprint density at radius 1 is 1.64 bits per heavy atom. The fourth-order valence-corrected chi connectivity index (χ4v) is 3.60. The third-order valence-corrected chi connectivity index (χ3v) is 5.46. The molecule has 14 heavy (non-hydrogen) atoms. The molecule has 1 saturated heterocycles. The molecule has 0 bridgehead atoms. The van der Waals surface area contributed by atoms with Gasteiger partial charge >= 0.3 is 0 Å². The molecule has 2 atom stereocenters. The molecule has 0 saturated carbocycles. The quantitative estimate of drug-likeness (QED) is 0.720. The topological polar surface area (TPSA) is 9.23 Å². The Labute approximate surface area is 105 Å². The molecule has 2 rings (SSSR count). The van der Waals surface area contributed by atoms with Crippen LogP contribution in [0.4, 0.5) is 0 Å². The van der Waals surface area contributed by atoms with E-state index in [-0.39, 0.29) is 5.60 Å². The minimum Gasteiger partial charge on any atom is -0.366 e. The molecule has 2 heterocycles. The highest BCUT2D eigenvalue weighted by molar-refractivity contribution is 9.11. The lowest BCUT2D eigenvalue weighted by Crippen LogP contribution is -2.24. The third kappa shape index (κ3) is 2.23. The lowest BCUT2D eigenvalue weighted by atomic mass is 10.1. The average Bonchev–Trinajstić information content (AvgIpc) is 2.73. The van der Waals surface area contributed by atoms with Crippen LogP contribution in [0.25, 0.3) is 0 Å². The Balaban J connectivity index is 2.09. The Morgan fingerprint density at radius 2 is 2.43 bits per heavy atom. The molecular weight excluding hydrogens is 328 g/mol. The number of thiophene rings is 1. The Hall–Kier alpha value is 0.620. The van der Waals surface area contributed by atoms with Crippen LogP contribution < -0.4 is 0 Å². The van der Waals surface area contributed by atoms with Crippen molar-refractivity contribution in [2.45, 2.75) is 31.5 Å². The molecule has 0 spiro atoms. The van der Waals surface area contributed by atoms with Gasteiger partial charge in [0.2, 0.25) is 0 Å². The van der Waals surface area contributed by atoms with Crippen LogP contribution in [0.15, 0.2) is 15.9 Å². The first kappa shape index (κ1) is 11.1. The molecule has 1 fully saturated rings. The predicted molar refractivity (Wildman–Crippen MR) is 67.3 cm³/mol. The monoisotopic (exact) mass is 338 g/mol. The van der Waals surface area contributed by atoms with Crippen molar-refractivity contribution in [2.24, 2.45) is 0 Å². The van der Waals surface area contributed by atoms with Crippen LogP contribution in [0, 0.1) is 0 Å². The van der Waals surface area contributed by atoms with Crippen molar-refractivity contribution < 1.29 is 4.74 Å². The average molecular weight is 340 g/mol. The maximum Gasteiger partial charge on any atom is 0.0926 e. The summed E-state index contributed by atoms with van der Waals surface area (Å²) in [6, 6.07) is 4.24. The number of ether oxygens (including phenoxy) is 1.